The van der Waals surface area contributed by atoms with E-state index in [1.165, 1.54) is 18.2 Å². The van der Waals surface area contributed by atoms with Gasteiger partial charge in [-0.15, -0.1) is 0 Å². The molecule has 0 amide bonds. The molecule has 0 radical (unpaired) electrons. The van der Waals surface area contributed by atoms with E-state index >= 15 is 0 Å². The third-order valence-electron chi connectivity index (χ3n) is 6.00. The zero-order valence-electron chi connectivity index (χ0n) is 22.2. The summed E-state index contributed by atoms with van der Waals surface area (Å²) in [5.74, 6) is -5.65. The fourth-order valence-electron chi connectivity index (χ4n) is 4.41. The number of benzene rings is 2. The summed E-state index contributed by atoms with van der Waals surface area (Å²) < 4.78 is 28.1. The maximum Gasteiger partial charge on any atom is 0.303 e. The van der Waals surface area contributed by atoms with Crippen LogP contribution in [0.4, 0.5) is 0 Å². The first-order valence-corrected chi connectivity index (χ1v) is 13.0. The first kappa shape index (κ1) is 30.7. The normalized spacial score (nSPS) is 23.8. The molecule has 0 saturated carbocycles. The maximum atomic E-state index is 12.2. The average Bonchev–Trinajstić information content (AvgIpc) is 2.87. The summed E-state index contributed by atoms with van der Waals surface area (Å²) in [7, 11) is 0. The van der Waals surface area contributed by atoms with Crippen LogP contribution >= 0.6 is 15.9 Å². The molecule has 12 heteroatoms. The van der Waals surface area contributed by atoms with Crippen LogP contribution in [0.25, 0.3) is 0 Å². The number of halogens is 1. The van der Waals surface area contributed by atoms with Crippen molar-refractivity contribution in [3.05, 3.63) is 69.2 Å². The molecule has 0 unspecified atom stereocenters. The van der Waals surface area contributed by atoms with Crippen molar-refractivity contribution >= 4 is 39.8 Å². The summed E-state index contributed by atoms with van der Waals surface area (Å²) in [6.45, 7) is 3.92. The Balaban J connectivity index is 2.17. The number of aliphatic hydroxyl groups is 1. The maximum absolute atomic E-state index is 12.2. The monoisotopic (exact) mass is 617 g/mol. The minimum Gasteiger partial charge on any atom is -0.463 e. The summed E-state index contributed by atoms with van der Waals surface area (Å²) in [6.07, 6.45) is -5.75. The highest BCUT2D eigenvalue weighted by Crippen LogP contribution is 2.41. The number of rotatable bonds is 8. The average molecular weight is 618 g/mol. The molecule has 3 rings (SSSR count). The lowest BCUT2D eigenvalue weighted by molar-refractivity contribution is -0.360. The third-order valence-corrected chi connectivity index (χ3v) is 6.53. The van der Waals surface area contributed by atoms with E-state index in [1.54, 1.807) is 0 Å². The van der Waals surface area contributed by atoms with Gasteiger partial charge in [-0.25, -0.2) is 0 Å². The van der Waals surface area contributed by atoms with E-state index in [9.17, 15) is 29.5 Å². The summed E-state index contributed by atoms with van der Waals surface area (Å²) >= 11 is 3.38. The van der Waals surface area contributed by atoms with Gasteiger partial charge in [-0.3, -0.25) is 19.2 Å². The van der Waals surface area contributed by atoms with Crippen LogP contribution in [0.15, 0.2) is 46.9 Å². The lowest BCUT2D eigenvalue weighted by atomic mass is 9.85. The molecule has 11 nitrogen and oxygen atoms in total. The predicted octanol–water partition coefficient (Wildman–Crippen LogP) is 2.81. The first-order chi connectivity index (χ1) is 18.8. The molecule has 0 aliphatic carbocycles. The molecule has 2 aromatic rings. The van der Waals surface area contributed by atoms with Crippen molar-refractivity contribution in [2.45, 2.75) is 64.3 Å². The van der Waals surface area contributed by atoms with Gasteiger partial charge in [0.15, 0.2) is 12.2 Å². The Morgan fingerprint density at radius 1 is 0.925 bits per heavy atom. The van der Waals surface area contributed by atoms with Crippen LogP contribution in [0.5, 0.6) is 0 Å². The Kier molecular flexibility index (Phi) is 10.0. The van der Waals surface area contributed by atoms with E-state index in [0.717, 1.165) is 37.7 Å². The lowest BCUT2D eigenvalue weighted by Gasteiger charge is -2.48. The van der Waals surface area contributed by atoms with Gasteiger partial charge in [0.1, 0.15) is 12.7 Å². The Bertz CT molecular complexity index is 1320. The summed E-state index contributed by atoms with van der Waals surface area (Å²) in [6, 6.07) is 13.9. The van der Waals surface area contributed by atoms with Crippen molar-refractivity contribution < 1.29 is 48.0 Å². The van der Waals surface area contributed by atoms with Gasteiger partial charge in [0.05, 0.1) is 11.6 Å². The van der Waals surface area contributed by atoms with Crippen LogP contribution in [-0.2, 0) is 55.1 Å². The molecule has 40 heavy (non-hydrogen) atoms. The highest BCUT2D eigenvalue weighted by molar-refractivity contribution is 9.10. The SMILES string of the molecule is CC(=O)OC[C@H]1O[C@](O)(c2ccc(C#N)c(Cc3ccc(Br)cc3)c2)[C@H](OC(C)=O)[C@@H](OC(C)=O)[C@@H]1OC(C)=O. The van der Waals surface area contributed by atoms with Gasteiger partial charge in [-0.1, -0.05) is 34.1 Å². The topological polar surface area (TPSA) is 158 Å². The fourth-order valence-corrected chi connectivity index (χ4v) is 4.67. The highest BCUT2D eigenvalue weighted by Gasteiger charge is 2.60. The molecular weight excluding hydrogens is 590 g/mol. The van der Waals surface area contributed by atoms with Gasteiger partial charge in [0.25, 0.3) is 0 Å². The second-order valence-corrected chi connectivity index (χ2v) is 10.0. The number of carbonyl (C=O) groups excluding carboxylic acids is 4. The largest absolute Gasteiger partial charge is 0.463 e. The third kappa shape index (κ3) is 7.44. The molecule has 0 aromatic heterocycles. The molecule has 1 N–H and O–H groups in total. The van der Waals surface area contributed by atoms with E-state index in [-0.39, 0.29) is 5.56 Å². The number of hydrogen-bond acceptors (Lipinski definition) is 11. The number of nitriles is 1. The summed E-state index contributed by atoms with van der Waals surface area (Å²) in [4.78, 5) is 47.8. The van der Waals surface area contributed by atoms with Crippen molar-refractivity contribution in [2.75, 3.05) is 6.61 Å². The van der Waals surface area contributed by atoms with Crippen LogP contribution < -0.4 is 0 Å². The molecule has 212 valence electrons. The molecule has 1 fully saturated rings. The molecule has 1 saturated heterocycles. The van der Waals surface area contributed by atoms with Gasteiger partial charge in [-0.2, -0.15) is 5.26 Å². The van der Waals surface area contributed by atoms with Crippen LogP contribution in [0.2, 0.25) is 0 Å². The van der Waals surface area contributed by atoms with E-state index in [4.69, 9.17) is 23.7 Å². The molecule has 5 atom stereocenters. The van der Waals surface area contributed by atoms with Crippen LogP contribution in [0.3, 0.4) is 0 Å². The van der Waals surface area contributed by atoms with Crippen molar-refractivity contribution in [2.24, 2.45) is 0 Å². The van der Waals surface area contributed by atoms with Crippen molar-refractivity contribution in [1.29, 1.82) is 5.26 Å². The Morgan fingerprint density at radius 2 is 1.52 bits per heavy atom. The smallest absolute Gasteiger partial charge is 0.303 e. The minimum absolute atomic E-state index is 0.0520. The molecule has 0 bridgehead atoms. The number of hydrogen-bond donors (Lipinski definition) is 1. The number of ether oxygens (including phenoxy) is 5. The van der Waals surface area contributed by atoms with E-state index in [1.807, 2.05) is 24.3 Å². The number of esters is 4. The standard InChI is InChI=1S/C28H28BrNO10/c1-15(31)36-14-24-25(37-16(2)32)26(38-17(3)33)27(39-18(4)34)28(35,40-24)22-8-7-20(13-30)21(12-22)11-19-5-9-23(29)10-6-19/h5-10,12,24-27,35H,11,14H2,1-4H3/t24-,25-,26+,27-,28-/m1/s1. The van der Waals surface area contributed by atoms with Gasteiger partial charge < -0.3 is 28.8 Å². The predicted molar refractivity (Wildman–Crippen MR) is 140 cm³/mol. The van der Waals surface area contributed by atoms with Crippen molar-refractivity contribution in [3.63, 3.8) is 0 Å². The second-order valence-electron chi connectivity index (χ2n) is 9.12. The van der Waals surface area contributed by atoms with Crippen LogP contribution in [-0.4, -0.2) is 60.0 Å². The fraction of sp³-hybridized carbons (Fsp3) is 0.393. The van der Waals surface area contributed by atoms with Gasteiger partial charge >= 0.3 is 23.9 Å². The molecule has 2 aromatic carbocycles. The summed E-state index contributed by atoms with van der Waals surface area (Å²) in [5.41, 5.74) is 1.76. The zero-order valence-corrected chi connectivity index (χ0v) is 23.8. The Morgan fingerprint density at radius 3 is 2.08 bits per heavy atom. The zero-order chi connectivity index (χ0) is 29.6. The Hall–Kier alpha value is -3.79. The molecule has 0 spiro atoms. The molecule has 1 aliphatic heterocycles. The second kappa shape index (κ2) is 13.0. The molecule has 1 aliphatic rings. The highest BCUT2D eigenvalue weighted by atomic mass is 79.9. The number of nitrogens with zero attached hydrogens (tertiary/aromatic N) is 1. The van der Waals surface area contributed by atoms with Crippen LogP contribution in [0.1, 0.15) is 49.9 Å². The molecular formula is C28H28BrNO10. The first-order valence-electron chi connectivity index (χ1n) is 12.2. The van der Waals surface area contributed by atoms with Gasteiger partial charge in [0, 0.05) is 37.7 Å². The minimum atomic E-state index is -2.49. The van der Waals surface area contributed by atoms with E-state index < -0.39 is 60.7 Å². The van der Waals surface area contributed by atoms with Crippen molar-refractivity contribution in [1.82, 2.24) is 0 Å². The van der Waals surface area contributed by atoms with E-state index in [0.29, 0.717) is 17.5 Å². The van der Waals surface area contributed by atoms with E-state index in [2.05, 4.69) is 22.0 Å². The molecule has 1 heterocycles. The lowest BCUT2D eigenvalue weighted by Crippen LogP contribution is -2.66. The quantitative estimate of drug-likeness (QED) is 0.343. The van der Waals surface area contributed by atoms with Crippen molar-refractivity contribution in [3.8, 4) is 6.07 Å². The Labute approximate surface area is 239 Å². The summed E-state index contributed by atoms with van der Waals surface area (Å²) in [5, 5.41) is 21.8. The number of carbonyl (C=O) groups is 4. The van der Waals surface area contributed by atoms with Gasteiger partial charge in [-0.05, 0) is 41.8 Å². The van der Waals surface area contributed by atoms with Crippen LogP contribution in [0, 0.1) is 11.3 Å². The van der Waals surface area contributed by atoms with Gasteiger partial charge in [0.2, 0.25) is 11.9 Å².